The van der Waals surface area contributed by atoms with Crippen molar-refractivity contribution in [3.63, 3.8) is 0 Å². The lowest BCUT2D eigenvalue weighted by Crippen LogP contribution is -2.20. The number of rotatable bonds is 7. The van der Waals surface area contributed by atoms with Crippen LogP contribution in [0.15, 0.2) is 6.07 Å². The number of hydrogen-bond donors (Lipinski definition) is 1. The first-order valence-electron chi connectivity index (χ1n) is 6.54. The SMILES string of the molecule is CCCNc1cc(N(C)CCC)nc(CC)n1. The Morgan fingerprint density at radius 3 is 2.53 bits per heavy atom. The minimum Gasteiger partial charge on any atom is -0.370 e. The van der Waals surface area contributed by atoms with E-state index in [4.69, 9.17) is 0 Å². The van der Waals surface area contributed by atoms with Gasteiger partial charge >= 0.3 is 0 Å². The van der Waals surface area contributed by atoms with E-state index in [0.29, 0.717) is 0 Å². The fourth-order valence-electron chi connectivity index (χ4n) is 1.63. The number of nitrogens with zero attached hydrogens (tertiary/aromatic N) is 3. The van der Waals surface area contributed by atoms with E-state index in [1.54, 1.807) is 0 Å². The fourth-order valence-corrected chi connectivity index (χ4v) is 1.63. The monoisotopic (exact) mass is 236 g/mol. The van der Waals surface area contributed by atoms with Crippen molar-refractivity contribution >= 4 is 11.6 Å². The van der Waals surface area contributed by atoms with Crippen molar-refractivity contribution in [1.29, 1.82) is 0 Å². The smallest absolute Gasteiger partial charge is 0.134 e. The van der Waals surface area contributed by atoms with E-state index < -0.39 is 0 Å². The van der Waals surface area contributed by atoms with E-state index in [1.807, 2.05) is 6.07 Å². The van der Waals surface area contributed by atoms with E-state index in [0.717, 1.165) is 49.8 Å². The van der Waals surface area contributed by atoms with Crippen LogP contribution < -0.4 is 10.2 Å². The quantitative estimate of drug-likeness (QED) is 0.790. The molecule has 0 aliphatic carbocycles. The lowest BCUT2D eigenvalue weighted by molar-refractivity contribution is 0.819. The van der Waals surface area contributed by atoms with Gasteiger partial charge in [0.1, 0.15) is 17.5 Å². The maximum absolute atomic E-state index is 4.55. The average molecular weight is 236 g/mol. The summed E-state index contributed by atoms with van der Waals surface area (Å²) in [6.45, 7) is 8.39. The van der Waals surface area contributed by atoms with E-state index in [9.17, 15) is 0 Å². The molecule has 17 heavy (non-hydrogen) atoms. The van der Waals surface area contributed by atoms with Crippen LogP contribution in [0.4, 0.5) is 11.6 Å². The molecule has 1 rings (SSSR count). The van der Waals surface area contributed by atoms with Gasteiger partial charge in [-0.3, -0.25) is 0 Å². The molecule has 4 nitrogen and oxygen atoms in total. The number of aromatic nitrogens is 2. The third kappa shape index (κ3) is 4.21. The van der Waals surface area contributed by atoms with Crippen LogP contribution in [0.5, 0.6) is 0 Å². The Bertz CT molecular complexity index is 338. The first kappa shape index (κ1) is 13.7. The van der Waals surface area contributed by atoms with Crippen molar-refractivity contribution in [2.24, 2.45) is 0 Å². The Hall–Kier alpha value is -1.32. The van der Waals surface area contributed by atoms with Gasteiger partial charge < -0.3 is 10.2 Å². The molecular weight excluding hydrogens is 212 g/mol. The largest absolute Gasteiger partial charge is 0.370 e. The van der Waals surface area contributed by atoms with E-state index in [-0.39, 0.29) is 0 Å². The van der Waals surface area contributed by atoms with Crippen LogP contribution in [-0.2, 0) is 6.42 Å². The van der Waals surface area contributed by atoms with Gasteiger partial charge in [0, 0.05) is 32.6 Å². The molecule has 0 atom stereocenters. The molecule has 0 aliphatic rings. The van der Waals surface area contributed by atoms with Crippen molar-refractivity contribution in [3.05, 3.63) is 11.9 Å². The minimum absolute atomic E-state index is 0.870. The van der Waals surface area contributed by atoms with Crippen molar-refractivity contribution in [3.8, 4) is 0 Å². The second-order valence-electron chi connectivity index (χ2n) is 4.23. The van der Waals surface area contributed by atoms with E-state index >= 15 is 0 Å². The Morgan fingerprint density at radius 1 is 1.18 bits per heavy atom. The fraction of sp³-hybridized carbons (Fsp3) is 0.692. The second-order valence-corrected chi connectivity index (χ2v) is 4.23. The Labute approximate surface area is 104 Å². The highest BCUT2D eigenvalue weighted by Gasteiger charge is 2.06. The number of anilines is 2. The summed E-state index contributed by atoms with van der Waals surface area (Å²) in [6, 6.07) is 2.03. The Balaban J connectivity index is 2.88. The van der Waals surface area contributed by atoms with E-state index in [1.165, 1.54) is 0 Å². The van der Waals surface area contributed by atoms with E-state index in [2.05, 4.69) is 48.0 Å². The molecule has 1 heterocycles. The molecule has 0 saturated carbocycles. The van der Waals surface area contributed by atoms with Gasteiger partial charge in [0.25, 0.3) is 0 Å². The lowest BCUT2D eigenvalue weighted by Gasteiger charge is -2.18. The van der Waals surface area contributed by atoms with Gasteiger partial charge in [0.15, 0.2) is 0 Å². The van der Waals surface area contributed by atoms with Crippen LogP contribution in [0.1, 0.15) is 39.4 Å². The highest BCUT2D eigenvalue weighted by molar-refractivity contribution is 5.49. The molecule has 0 radical (unpaired) electrons. The topological polar surface area (TPSA) is 41.0 Å². The predicted molar refractivity (Wildman–Crippen MR) is 73.8 cm³/mol. The molecule has 0 fully saturated rings. The normalized spacial score (nSPS) is 10.4. The summed E-state index contributed by atoms with van der Waals surface area (Å²) in [5.74, 6) is 2.86. The minimum atomic E-state index is 0.870. The summed E-state index contributed by atoms with van der Waals surface area (Å²) in [5, 5.41) is 3.33. The highest BCUT2D eigenvalue weighted by atomic mass is 15.2. The lowest BCUT2D eigenvalue weighted by atomic mass is 10.3. The Morgan fingerprint density at radius 2 is 1.94 bits per heavy atom. The summed E-state index contributed by atoms with van der Waals surface area (Å²) in [7, 11) is 2.08. The molecule has 96 valence electrons. The van der Waals surface area contributed by atoms with Gasteiger partial charge in [-0.15, -0.1) is 0 Å². The van der Waals surface area contributed by atoms with Crippen molar-refractivity contribution in [2.75, 3.05) is 30.4 Å². The molecule has 0 aromatic carbocycles. The highest BCUT2D eigenvalue weighted by Crippen LogP contribution is 2.15. The number of aryl methyl sites for hydroxylation is 1. The van der Waals surface area contributed by atoms with Crippen LogP contribution >= 0.6 is 0 Å². The van der Waals surface area contributed by atoms with Gasteiger partial charge in [-0.2, -0.15) is 0 Å². The van der Waals surface area contributed by atoms with Crippen molar-refractivity contribution < 1.29 is 0 Å². The summed E-state index contributed by atoms with van der Waals surface area (Å²) in [4.78, 5) is 11.2. The van der Waals surface area contributed by atoms with Crippen LogP contribution in [-0.4, -0.2) is 30.1 Å². The summed E-state index contributed by atoms with van der Waals surface area (Å²) in [6.07, 6.45) is 3.10. The molecule has 0 unspecified atom stereocenters. The maximum Gasteiger partial charge on any atom is 0.134 e. The average Bonchev–Trinajstić information content (AvgIpc) is 2.36. The number of hydrogen-bond acceptors (Lipinski definition) is 4. The molecule has 0 bridgehead atoms. The molecule has 0 aliphatic heterocycles. The van der Waals surface area contributed by atoms with Gasteiger partial charge in [-0.1, -0.05) is 20.8 Å². The van der Waals surface area contributed by atoms with Gasteiger partial charge in [-0.25, -0.2) is 9.97 Å². The molecule has 1 aromatic heterocycles. The van der Waals surface area contributed by atoms with Crippen LogP contribution in [0.3, 0.4) is 0 Å². The third-order valence-electron chi connectivity index (χ3n) is 2.58. The molecular formula is C13H24N4. The molecule has 4 heteroatoms. The summed E-state index contributed by atoms with van der Waals surface area (Å²) in [5.41, 5.74) is 0. The summed E-state index contributed by atoms with van der Waals surface area (Å²) >= 11 is 0. The zero-order valence-electron chi connectivity index (χ0n) is 11.5. The zero-order valence-corrected chi connectivity index (χ0v) is 11.5. The zero-order chi connectivity index (χ0) is 12.7. The maximum atomic E-state index is 4.55. The number of nitrogens with one attached hydrogen (secondary N) is 1. The molecule has 0 amide bonds. The second kappa shape index (κ2) is 7.09. The van der Waals surface area contributed by atoms with Crippen LogP contribution in [0, 0.1) is 0 Å². The van der Waals surface area contributed by atoms with Crippen molar-refractivity contribution in [1.82, 2.24) is 9.97 Å². The first-order valence-corrected chi connectivity index (χ1v) is 6.54. The summed E-state index contributed by atoms with van der Waals surface area (Å²) < 4.78 is 0. The molecule has 1 N–H and O–H groups in total. The van der Waals surface area contributed by atoms with Gasteiger partial charge in [0.2, 0.25) is 0 Å². The first-order chi connectivity index (χ1) is 8.21. The van der Waals surface area contributed by atoms with Gasteiger partial charge in [-0.05, 0) is 12.8 Å². The van der Waals surface area contributed by atoms with Gasteiger partial charge in [0.05, 0.1) is 0 Å². The third-order valence-corrected chi connectivity index (χ3v) is 2.58. The molecule has 0 spiro atoms. The predicted octanol–water partition coefficient (Wildman–Crippen LogP) is 2.71. The van der Waals surface area contributed by atoms with Crippen LogP contribution in [0.2, 0.25) is 0 Å². The van der Waals surface area contributed by atoms with Crippen molar-refractivity contribution in [2.45, 2.75) is 40.0 Å². The van der Waals surface area contributed by atoms with Crippen LogP contribution in [0.25, 0.3) is 0 Å². The standard InChI is InChI=1S/C13H24N4/c1-5-8-14-12-10-13(17(4)9-6-2)16-11(7-3)15-12/h10H,5-9H2,1-4H3,(H,14,15,16). The molecule has 1 aromatic rings. The molecule has 0 saturated heterocycles. The Kier molecular flexibility index (Phi) is 5.73.